The predicted molar refractivity (Wildman–Crippen MR) is 52.3 cm³/mol. The van der Waals surface area contributed by atoms with Gasteiger partial charge >= 0.3 is 5.56 Å². The van der Waals surface area contributed by atoms with Crippen molar-refractivity contribution in [2.75, 3.05) is 0 Å². The van der Waals surface area contributed by atoms with E-state index in [2.05, 4.69) is 10.1 Å². The van der Waals surface area contributed by atoms with Crippen LogP contribution in [0.3, 0.4) is 0 Å². The fraction of sp³-hybridized carbons (Fsp3) is 0. The second-order valence-corrected chi connectivity index (χ2v) is 2.93. The first-order chi connectivity index (χ1) is 7.70. The van der Waals surface area contributed by atoms with Crippen molar-refractivity contribution in [2.24, 2.45) is 0 Å². The molecule has 16 heavy (non-hydrogen) atoms. The molecule has 0 saturated heterocycles. The molecule has 0 aliphatic carbocycles. The molecule has 1 heterocycles. The van der Waals surface area contributed by atoms with Crippen LogP contribution in [0.15, 0.2) is 35.4 Å². The summed E-state index contributed by atoms with van der Waals surface area (Å²) in [4.78, 5) is 14.5. The topological polar surface area (TPSA) is 71.6 Å². The molecule has 0 fully saturated rings. The van der Waals surface area contributed by atoms with Crippen molar-refractivity contribution < 1.29 is 4.39 Å². The third-order valence-electron chi connectivity index (χ3n) is 1.87. The Morgan fingerprint density at radius 2 is 2.25 bits per heavy atom. The molecule has 6 heteroatoms. The minimum absolute atomic E-state index is 0.327. The van der Waals surface area contributed by atoms with Crippen LogP contribution >= 0.6 is 0 Å². The van der Waals surface area contributed by atoms with Crippen molar-refractivity contribution in [3.05, 3.63) is 52.5 Å². The molecule has 5 nitrogen and oxygen atoms in total. The van der Waals surface area contributed by atoms with Gasteiger partial charge in [-0.15, -0.1) is 5.10 Å². The van der Waals surface area contributed by atoms with E-state index >= 15 is 0 Å². The first kappa shape index (κ1) is 9.98. The highest BCUT2D eigenvalue weighted by molar-refractivity contribution is 5.30. The van der Waals surface area contributed by atoms with Crippen LogP contribution < -0.4 is 5.56 Å². The number of benzene rings is 1. The van der Waals surface area contributed by atoms with Crippen LogP contribution in [-0.4, -0.2) is 14.8 Å². The van der Waals surface area contributed by atoms with E-state index in [1.165, 1.54) is 22.9 Å². The lowest BCUT2D eigenvalue weighted by atomic mass is 10.3. The Morgan fingerprint density at radius 1 is 1.44 bits per heavy atom. The molecule has 0 atom stereocenters. The summed E-state index contributed by atoms with van der Waals surface area (Å²) in [5.41, 5.74) is -0.633. The first-order valence-electron chi connectivity index (χ1n) is 4.33. The van der Waals surface area contributed by atoms with Gasteiger partial charge in [0.15, 0.2) is 0 Å². The molecule has 2 aromatic rings. The van der Waals surface area contributed by atoms with Crippen LogP contribution in [0.2, 0.25) is 0 Å². The maximum atomic E-state index is 12.9. The number of halogens is 1. The monoisotopic (exact) mass is 216 g/mol. The lowest BCUT2D eigenvalue weighted by Gasteiger charge is -2.03. The van der Waals surface area contributed by atoms with Gasteiger partial charge in [0.25, 0.3) is 0 Å². The molecule has 0 radical (unpaired) electrons. The van der Waals surface area contributed by atoms with Crippen molar-refractivity contribution in [1.29, 1.82) is 5.26 Å². The largest absolute Gasteiger partial charge is 0.309 e. The highest BCUT2D eigenvalue weighted by Crippen LogP contribution is 2.06. The van der Waals surface area contributed by atoms with Crippen molar-refractivity contribution >= 4 is 0 Å². The number of nitriles is 1. The van der Waals surface area contributed by atoms with Crippen LogP contribution in [0.4, 0.5) is 4.39 Å². The zero-order valence-electron chi connectivity index (χ0n) is 7.96. The minimum Gasteiger partial charge on any atom is -0.264 e. The molecule has 0 saturated carbocycles. The van der Waals surface area contributed by atoms with Gasteiger partial charge in [0.05, 0.1) is 5.69 Å². The second-order valence-electron chi connectivity index (χ2n) is 2.93. The lowest BCUT2D eigenvalue weighted by Crippen LogP contribution is -2.17. The molecule has 0 amide bonds. The van der Waals surface area contributed by atoms with Gasteiger partial charge < -0.3 is 0 Å². The lowest BCUT2D eigenvalue weighted by molar-refractivity contribution is 0.624. The van der Waals surface area contributed by atoms with Crippen LogP contribution in [0.1, 0.15) is 5.69 Å². The van der Waals surface area contributed by atoms with Crippen LogP contribution in [0.25, 0.3) is 5.69 Å². The molecule has 0 N–H and O–H groups in total. The highest BCUT2D eigenvalue weighted by Gasteiger charge is 2.04. The maximum absolute atomic E-state index is 12.9. The average Bonchev–Trinajstić information content (AvgIpc) is 2.29. The Morgan fingerprint density at radius 3 is 2.94 bits per heavy atom. The van der Waals surface area contributed by atoms with E-state index < -0.39 is 11.4 Å². The van der Waals surface area contributed by atoms with Gasteiger partial charge in [0, 0.05) is 0 Å². The smallest absolute Gasteiger partial charge is 0.264 e. The number of hydrogen-bond donors (Lipinski definition) is 0. The Balaban J connectivity index is 2.58. The van der Waals surface area contributed by atoms with E-state index in [-0.39, 0.29) is 5.69 Å². The summed E-state index contributed by atoms with van der Waals surface area (Å²) in [7, 11) is 0. The summed E-state index contributed by atoms with van der Waals surface area (Å²) < 4.78 is 14.1. The van der Waals surface area contributed by atoms with Gasteiger partial charge in [-0.05, 0) is 18.2 Å². The van der Waals surface area contributed by atoms with Crippen molar-refractivity contribution in [1.82, 2.24) is 14.8 Å². The van der Waals surface area contributed by atoms with Gasteiger partial charge in [-0.3, -0.25) is 4.79 Å². The predicted octanol–water partition coefficient (Wildman–Crippen LogP) is 0.638. The standard InChI is InChI=1S/C10H5FN4O/c11-7-2-1-3-8(4-7)15-6-13-10(16)9(5-12)14-15/h1-4,6H. The molecule has 0 aliphatic rings. The van der Waals surface area contributed by atoms with E-state index in [0.717, 1.165) is 6.33 Å². The summed E-state index contributed by atoms with van der Waals surface area (Å²) in [6.07, 6.45) is 1.14. The van der Waals surface area contributed by atoms with Crippen molar-refractivity contribution in [2.45, 2.75) is 0 Å². The zero-order valence-corrected chi connectivity index (χ0v) is 7.96. The van der Waals surface area contributed by atoms with Gasteiger partial charge in [-0.2, -0.15) is 10.2 Å². The molecule has 78 valence electrons. The molecule has 0 spiro atoms. The van der Waals surface area contributed by atoms with Crippen LogP contribution in [-0.2, 0) is 0 Å². The van der Waals surface area contributed by atoms with Gasteiger partial charge in [0.1, 0.15) is 18.2 Å². The maximum Gasteiger partial charge on any atom is 0.309 e. The van der Waals surface area contributed by atoms with E-state index in [1.807, 2.05) is 0 Å². The van der Waals surface area contributed by atoms with E-state index in [4.69, 9.17) is 5.26 Å². The summed E-state index contributed by atoms with van der Waals surface area (Å²) >= 11 is 0. The van der Waals surface area contributed by atoms with Crippen LogP contribution in [0, 0.1) is 17.1 Å². The Kier molecular flexibility index (Phi) is 2.44. The first-order valence-corrected chi connectivity index (χ1v) is 4.33. The fourth-order valence-electron chi connectivity index (χ4n) is 1.16. The normalized spacial score (nSPS) is 9.75. The molecular formula is C10H5FN4O. The van der Waals surface area contributed by atoms with Crippen molar-refractivity contribution in [3.8, 4) is 11.8 Å². The van der Waals surface area contributed by atoms with Crippen molar-refractivity contribution in [3.63, 3.8) is 0 Å². The summed E-state index contributed by atoms with van der Waals surface area (Å²) in [6.45, 7) is 0. The second kappa shape index (κ2) is 3.90. The molecular weight excluding hydrogens is 211 g/mol. The van der Waals surface area contributed by atoms with Gasteiger partial charge in [0.2, 0.25) is 5.69 Å². The fourth-order valence-corrected chi connectivity index (χ4v) is 1.16. The highest BCUT2D eigenvalue weighted by atomic mass is 19.1. The summed E-state index contributed by atoms with van der Waals surface area (Å²) in [5.74, 6) is -0.434. The Bertz CT molecular complexity index is 629. The molecule has 0 aliphatic heterocycles. The van der Waals surface area contributed by atoms with Crippen LogP contribution in [0.5, 0.6) is 0 Å². The Hall–Kier alpha value is -2.55. The molecule has 2 rings (SSSR count). The van der Waals surface area contributed by atoms with E-state index in [1.54, 1.807) is 12.1 Å². The van der Waals surface area contributed by atoms with E-state index in [9.17, 15) is 9.18 Å². The third-order valence-corrected chi connectivity index (χ3v) is 1.87. The number of rotatable bonds is 1. The SMILES string of the molecule is N#Cc1nn(-c2cccc(F)c2)cnc1=O. The summed E-state index contributed by atoms with van der Waals surface area (Å²) in [6, 6.07) is 7.21. The molecule has 0 bridgehead atoms. The van der Waals surface area contributed by atoms with Gasteiger partial charge in [-0.25, -0.2) is 9.07 Å². The average molecular weight is 216 g/mol. The summed E-state index contributed by atoms with van der Waals surface area (Å²) in [5, 5.41) is 12.3. The number of nitrogens with zero attached hydrogens (tertiary/aromatic N) is 4. The number of hydrogen-bond acceptors (Lipinski definition) is 4. The molecule has 0 unspecified atom stereocenters. The van der Waals surface area contributed by atoms with Gasteiger partial charge in [-0.1, -0.05) is 6.07 Å². The Labute approximate surface area is 89.4 Å². The number of aromatic nitrogens is 3. The van der Waals surface area contributed by atoms with E-state index in [0.29, 0.717) is 5.69 Å². The third kappa shape index (κ3) is 1.79. The quantitative estimate of drug-likeness (QED) is 0.701. The molecule has 1 aromatic carbocycles. The molecule has 1 aromatic heterocycles. The minimum atomic E-state index is -0.699. The zero-order chi connectivity index (χ0) is 11.5.